The van der Waals surface area contributed by atoms with Gasteiger partial charge in [0.25, 0.3) is 0 Å². The lowest BCUT2D eigenvalue weighted by Gasteiger charge is -2.04. The molecule has 0 spiro atoms. The third kappa shape index (κ3) is 3.36. The number of ketones is 1. The largest absolute Gasteiger partial charge is 0.341 e. The monoisotopic (exact) mass is 273 g/mol. The summed E-state index contributed by atoms with van der Waals surface area (Å²) < 4.78 is 1.93. The van der Waals surface area contributed by atoms with Crippen molar-refractivity contribution >= 4 is 23.5 Å². The Bertz CT molecular complexity index is 625. The second-order valence-electron chi connectivity index (χ2n) is 4.51. The molecule has 0 saturated heterocycles. The lowest BCUT2D eigenvalue weighted by Crippen LogP contribution is -2.03. The van der Waals surface area contributed by atoms with E-state index in [9.17, 15) is 4.79 Å². The van der Waals surface area contributed by atoms with Crippen molar-refractivity contribution in [2.75, 3.05) is 0 Å². The third-order valence-corrected chi connectivity index (χ3v) is 3.26. The molecule has 0 amide bonds. The molecule has 98 valence electrons. The standard InChI is InChI=1S/C16H16ClNO/c1-12-11-15(17)8-7-14(12)5-3-9-18-10-4-6-16(18)13(2)19/h3-8,10-11H,9H2,1-2H3/b5-3+. The van der Waals surface area contributed by atoms with Gasteiger partial charge in [0, 0.05) is 24.7 Å². The fraction of sp³-hybridized carbons (Fsp3) is 0.188. The number of allylic oxidation sites excluding steroid dienone is 1. The first-order valence-corrected chi connectivity index (χ1v) is 6.54. The van der Waals surface area contributed by atoms with Crippen LogP contribution < -0.4 is 0 Å². The highest BCUT2D eigenvalue weighted by Gasteiger charge is 2.03. The van der Waals surface area contributed by atoms with Crippen LogP contribution in [0, 0.1) is 6.92 Å². The molecule has 2 aromatic rings. The maximum absolute atomic E-state index is 11.4. The Kier molecular flexibility index (Phi) is 4.23. The second kappa shape index (κ2) is 5.89. The predicted molar refractivity (Wildman–Crippen MR) is 79.7 cm³/mol. The van der Waals surface area contributed by atoms with E-state index >= 15 is 0 Å². The normalized spacial score (nSPS) is 11.1. The predicted octanol–water partition coefficient (Wildman–Crippen LogP) is 4.37. The van der Waals surface area contributed by atoms with Crippen LogP contribution in [0.5, 0.6) is 0 Å². The van der Waals surface area contributed by atoms with Crippen molar-refractivity contribution in [3.8, 4) is 0 Å². The van der Waals surface area contributed by atoms with Crippen LogP contribution in [0.1, 0.15) is 28.5 Å². The number of hydrogen-bond acceptors (Lipinski definition) is 1. The van der Waals surface area contributed by atoms with Crippen molar-refractivity contribution in [1.82, 2.24) is 4.57 Å². The van der Waals surface area contributed by atoms with Crippen LogP contribution in [0.4, 0.5) is 0 Å². The molecule has 0 aliphatic rings. The molecule has 1 aromatic carbocycles. The molecule has 0 aliphatic heterocycles. The summed E-state index contributed by atoms with van der Waals surface area (Å²) in [4.78, 5) is 11.4. The van der Waals surface area contributed by atoms with Gasteiger partial charge in [-0.3, -0.25) is 4.79 Å². The van der Waals surface area contributed by atoms with Gasteiger partial charge < -0.3 is 4.57 Å². The number of hydrogen-bond donors (Lipinski definition) is 0. The average molecular weight is 274 g/mol. The van der Waals surface area contributed by atoms with E-state index in [1.54, 1.807) is 6.92 Å². The van der Waals surface area contributed by atoms with Gasteiger partial charge in [0.1, 0.15) is 0 Å². The van der Waals surface area contributed by atoms with E-state index in [0.717, 1.165) is 21.8 Å². The zero-order chi connectivity index (χ0) is 13.8. The Hall–Kier alpha value is -1.80. The molecular weight excluding hydrogens is 258 g/mol. The maximum Gasteiger partial charge on any atom is 0.176 e. The van der Waals surface area contributed by atoms with E-state index in [2.05, 4.69) is 6.08 Å². The SMILES string of the molecule is CC(=O)c1cccn1C/C=C/c1ccc(Cl)cc1C. The molecular formula is C16H16ClNO. The van der Waals surface area contributed by atoms with Crippen LogP contribution in [-0.2, 0) is 6.54 Å². The minimum absolute atomic E-state index is 0.0843. The molecule has 0 unspecified atom stereocenters. The molecule has 0 saturated carbocycles. The molecule has 0 bridgehead atoms. The lowest BCUT2D eigenvalue weighted by atomic mass is 10.1. The van der Waals surface area contributed by atoms with E-state index in [1.165, 1.54) is 0 Å². The van der Waals surface area contributed by atoms with E-state index in [4.69, 9.17) is 11.6 Å². The Balaban J connectivity index is 2.11. The van der Waals surface area contributed by atoms with E-state index in [-0.39, 0.29) is 5.78 Å². The quantitative estimate of drug-likeness (QED) is 0.759. The molecule has 0 fully saturated rings. The van der Waals surface area contributed by atoms with Crippen molar-refractivity contribution in [2.45, 2.75) is 20.4 Å². The van der Waals surface area contributed by atoms with Crippen LogP contribution in [-0.4, -0.2) is 10.4 Å². The van der Waals surface area contributed by atoms with Crippen LogP contribution in [0.25, 0.3) is 6.08 Å². The maximum atomic E-state index is 11.4. The molecule has 2 rings (SSSR count). The summed E-state index contributed by atoms with van der Waals surface area (Å²) in [5, 5.41) is 0.749. The lowest BCUT2D eigenvalue weighted by molar-refractivity contribution is 0.100. The van der Waals surface area contributed by atoms with Crippen molar-refractivity contribution in [2.24, 2.45) is 0 Å². The molecule has 1 heterocycles. The summed E-state index contributed by atoms with van der Waals surface area (Å²) in [5.41, 5.74) is 3.02. The summed E-state index contributed by atoms with van der Waals surface area (Å²) in [5.74, 6) is 0.0843. The van der Waals surface area contributed by atoms with Gasteiger partial charge in [-0.1, -0.05) is 29.8 Å². The molecule has 0 radical (unpaired) electrons. The van der Waals surface area contributed by atoms with Crippen LogP contribution >= 0.6 is 11.6 Å². The molecule has 2 nitrogen and oxygen atoms in total. The molecule has 3 heteroatoms. The molecule has 0 N–H and O–H groups in total. The van der Waals surface area contributed by atoms with Gasteiger partial charge in [0.05, 0.1) is 5.69 Å². The summed E-state index contributed by atoms with van der Waals surface area (Å²) in [6, 6.07) is 9.54. The number of benzene rings is 1. The second-order valence-corrected chi connectivity index (χ2v) is 4.94. The van der Waals surface area contributed by atoms with Gasteiger partial charge >= 0.3 is 0 Å². The minimum Gasteiger partial charge on any atom is -0.341 e. The van der Waals surface area contributed by atoms with Crippen molar-refractivity contribution < 1.29 is 4.79 Å². The highest BCUT2D eigenvalue weighted by atomic mass is 35.5. The first kappa shape index (κ1) is 13.6. The molecule has 19 heavy (non-hydrogen) atoms. The Morgan fingerprint density at radius 3 is 2.84 bits per heavy atom. The summed E-state index contributed by atoms with van der Waals surface area (Å²) in [7, 11) is 0. The third-order valence-electron chi connectivity index (χ3n) is 3.02. The molecule has 1 aromatic heterocycles. The average Bonchev–Trinajstić information content (AvgIpc) is 2.80. The van der Waals surface area contributed by atoms with Gasteiger partial charge in [0.2, 0.25) is 0 Å². The zero-order valence-corrected chi connectivity index (χ0v) is 11.8. The van der Waals surface area contributed by atoms with Crippen molar-refractivity contribution in [3.05, 3.63) is 64.4 Å². The number of Topliss-reactive ketones (excluding diaryl/α,β-unsaturated/α-hetero) is 1. The van der Waals surface area contributed by atoms with Crippen molar-refractivity contribution in [3.63, 3.8) is 0 Å². The molecule has 0 aliphatic carbocycles. The summed E-state index contributed by atoms with van der Waals surface area (Å²) >= 11 is 5.92. The Morgan fingerprint density at radius 2 is 2.16 bits per heavy atom. The topological polar surface area (TPSA) is 22.0 Å². The zero-order valence-electron chi connectivity index (χ0n) is 11.1. The summed E-state index contributed by atoms with van der Waals surface area (Å²) in [6.07, 6.45) is 6.01. The molecule has 0 atom stereocenters. The minimum atomic E-state index is 0.0843. The first-order chi connectivity index (χ1) is 9.08. The summed E-state index contributed by atoms with van der Waals surface area (Å²) in [6.45, 7) is 4.30. The Labute approximate surface area is 118 Å². The number of rotatable bonds is 4. The number of carbonyl (C=O) groups is 1. The van der Waals surface area contributed by atoms with E-state index in [1.807, 2.05) is 54.1 Å². The fourth-order valence-electron chi connectivity index (χ4n) is 2.01. The highest BCUT2D eigenvalue weighted by molar-refractivity contribution is 6.30. The van der Waals surface area contributed by atoms with Gasteiger partial charge in [-0.2, -0.15) is 0 Å². The van der Waals surface area contributed by atoms with Crippen LogP contribution in [0.2, 0.25) is 5.02 Å². The van der Waals surface area contributed by atoms with E-state index in [0.29, 0.717) is 6.54 Å². The first-order valence-electron chi connectivity index (χ1n) is 6.16. The number of nitrogens with zero attached hydrogens (tertiary/aromatic N) is 1. The van der Waals surface area contributed by atoms with Crippen molar-refractivity contribution in [1.29, 1.82) is 0 Å². The van der Waals surface area contributed by atoms with Gasteiger partial charge in [-0.15, -0.1) is 0 Å². The van der Waals surface area contributed by atoms with Crippen LogP contribution in [0.3, 0.4) is 0 Å². The van der Waals surface area contributed by atoms with Crippen LogP contribution in [0.15, 0.2) is 42.6 Å². The fourth-order valence-corrected chi connectivity index (χ4v) is 2.24. The van der Waals surface area contributed by atoms with Gasteiger partial charge in [-0.25, -0.2) is 0 Å². The smallest absolute Gasteiger partial charge is 0.176 e. The Morgan fingerprint density at radius 1 is 1.37 bits per heavy atom. The number of carbonyl (C=O) groups excluding carboxylic acids is 1. The number of halogens is 1. The number of aryl methyl sites for hydroxylation is 1. The van der Waals surface area contributed by atoms with Gasteiger partial charge in [-0.05, 0) is 42.3 Å². The van der Waals surface area contributed by atoms with Gasteiger partial charge in [0.15, 0.2) is 5.78 Å². The van der Waals surface area contributed by atoms with E-state index < -0.39 is 0 Å². The number of aromatic nitrogens is 1. The highest BCUT2D eigenvalue weighted by Crippen LogP contribution is 2.16.